The van der Waals surface area contributed by atoms with Crippen LogP contribution in [0.25, 0.3) is 0 Å². The van der Waals surface area contributed by atoms with Crippen molar-refractivity contribution in [3.8, 4) is 0 Å². The van der Waals surface area contributed by atoms with Crippen molar-refractivity contribution in [2.45, 2.75) is 50.0 Å². The van der Waals surface area contributed by atoms with E-state index in [1.54, 1.807) is 11.9 Å². The van der Waals surface area contributed by atoms with E-state index in [-0.39, 0.29) is 34.0 Å². The number of hydrogen-bond acceptors (Lipinski definition) is 5. The van der Waals surface area contributed by atoms with Crippen LogP contribution in [0.1, 0.15) is 49.5 Å². The lowest BCUT2D eigenvalue weighted by Gasteiger charge is -2.28. The van der Waals surface area contributed by atoms with E-state index in [1.807, 2.05) is 6.92 Å². The maximum atomic E-state index is 13.2. The normalized spacial score (nSPS) is 22.6. The van der Waals surface area contributed by atoms with Gasteiger partial charge in [0.25, 0.3) is 5.91 Å². The summed E-state index contributed by atoms with van der Waals surface area (Å²) in [6, 6.07) is 1.08. The largest absolute Gasteiger partial charge is 0.345 e. The summed E-state index contributed by atoms with van der Waals surface area (Å²) in [5.74, 6) is -0.234. The number of unbranched alkanes of at least 4 members (excludes halogenated alkanes) is 1. The first-order chi connectivity index (χ1) is 13.2. The van der Waals surface area contributed by atoms with Crippen molar-refractivity contribution in [1.29, 1.82) is 0 Å². The molecule has 1 aromatic heterocycles. The fourth-order valence-electron chi connectivity index (χ4n) is 3.91. The van der Waals surface area contributed by atoms with E-state index in [0.29, 0.717) is 26.1 Å². The van der Waals surface area contributed by atoms with Crippen molar-refractivity contribution in [2.75, 3.05) is 31.1 Å². The van der Waals surface area contributed by atoms with Gasteiger partial charge in [0.15, 0.2) is 9.84 Å². The summed E-state index contributed by atoms with van der Waals surface area (Å²) in [5.41, 5.74) is 0.276. The van der Waals surface area contributed by atoms with Crippen molar-refractivity contribution >= 4 is 25.8 Å². The minimum Gasteiger partial charge on any atom is -0.345 e. The van der Waals surface area contributed by atoms with Gasteiger partial charge in [-0.05, 0) is 31.7 Å². The molecule has 2 aliphatic rings. The van der Waals surface area contributed by atoms with Gasteiger partial charge >= 0.3 is 0 Å². The Labute approximate surface area is 167 Å². The Kier molecular flexibility index (Phi) is 6.21. The van der Waals surface area contributed by atoms with E-state index in [2.05, 4.69) is 0 Å². The van der Waals surface area contributed by atoms with Gasteiger partial charge in [-0.1, -0.05) is 13.3 Å². The van der Waals surface area contributed by atoms with Gasteiger partial charge in [-0.25, -0.2) is 16.8 Å². The minimum atomic E-state index is -3.61. The molecule has 1 amide bonds. The maximum Gasteiger partial charge on any atom is 0.270 e. The lowest BCUT2D eigenvalue weighted by atomic mass is 10.2. The third kappa shape index (κ3) is 4.28. The Morgan fingerprint density at radius 3 is 2.54 bits per heavy atom. The van der Waals surface area contributed by atoms with Crippen LogP contribution in [0.2, 0.25) is 0 Å². The molecule has 2 saturated heterocycles. The zero-order valence-corrected chi connectivity index (χ0v) is 18.1. The van der Waals surface area contributed by atoms with Crippen LogP contribution in [0.3, 0.4) is 0 Å². The molecule has 1 aromatic rings. The smallest absolute Gasteiger partial charge is 0.270 e. The van der Waals surface area contributed by atoms with Crippen molar-refractivity contribution in [2.24, 2.45) is 7.05 Å². The number of aromatic nitrogens is 1. The van der Waals surface area contributed by atoms with E-state index >= 15 is 0 Å². The molecule has 1 atom stereocenters. The van der Waals surface area contributed by atoms with Crippen molar-refractivity contribution in [3.63, 3.8) is 0 Å². The molecular formula is C18H29N3O5S2. The molecule has 0 radical (unpaired) electrons. The van der Waals surface area contributed by atoms with Crippen LogP contribution in [0.4, 0.5) is 0 Å². The number of carbonyl (C=O) groups excluding carboxylic acids is 1. The second-order valence-corrected chi connectivity index (χ2v) is 11.9. The zero-order valence-electron chi connectivity index (χ0n) is 16.5. The number of nitrogens with zero attached hydrogens (tertiary/aromatic N) is 3. The molecule has 2 aliphatic heterocycles. The highest BCUT2D eigenvalue weighted by atomic mass is 32.2. The molecule has 0 aliphatic carbocycles. The fraction of sp³-hybridized carbons (Fsp3) is 0.722. The van der Waals surface area contributed by atoms with Crippen LogP contribution in [-0.4, -0.2) is 73.7 Å². The third-order valence-electron chi connectivity index (χ3n) is 5.56. The molecule has 3 rings (SSSR count). The second kappa shape index (κ2) is 8.16. The van der Waals surface area contributed by atoms with Crippen LogP contribution in [0, 0.1) is 0 Å². The van der Waals surface area contributed by atoms with Gasteiger partial charge in [-0.2, -0.15) is 4.31 Å². The molecule has 1 unspecified atom stereocenters. The van der Waals surface area contributed by atoms with Gasteiger partial charge in [0.05, 0.1) is 11.5 Å². The molecule has 0 bridgehead atoms. The van der Waals surface area contributed by atoms with Gasteiger partial charge in [-0.15, -0.1) is 0 Å². The Morgan fingerprint density at radius 1 is 1.29 bits per heavy atom. The van der Waals surface area contributed by atoms with Gasteiger partial charge in [0.1, 0.15) is 10.6 Å². The summed E-state index contributed by atoms with van der Waals surface area (Å²) in [4.78, 5) is 15.0. The van der Waals surface area contributed by atoms with Crippen molar-refractivity contribution < 1.29 is 21.6 Å². The molecule has 28 heavy (non-hydrogen) atoms. The summed E-state index contributed by atoms with van der Waals surface area (Å²) < 4.78 is 52.4. The first-order valence-corrected chi connectivity index (χ1v) is 13.1. The number of carbonyl (C=O) groups is 1. The number of amides is 1. The van der Waals surface area contributed by atoms with E-state index in [0.717, 1.165) is 25.7 Å². The Balaban J connectivity index is 1.88. The monoisotopic (exact) mass is 431 g/mol. The highest BCUT2D eigenvalue weighted by Gasteiger charge is 2.36. The molecule has 10 heteroatoms. The summed E-state index contributed by atoms with van der Waals surface area (Å²) in [6.07, 6.45) is 5.25. The van der Waals surface area contributed by atoms with Crippen LogP contribution in [-0.2, 0) is 26.9 Å². The Morgan fingerprint density at radius 2 is 1.96 bits per heavy atom. The van der Waals surface area contributed by atoms with Gasteiger partial charge < -0.3 is 9.47 Å². The summed E-state index contributed by atoms with van der Waals surface area (Å²) >= 11 is 0. The number of aryl methyl sites for hydroxylation is 1. The molecule has 0 spiro atoms. The SMILES string of the molecule is CCCCN(C(=O)c1cc(S(=O)(=O)N2CCCC2)cn1C)C1CCS(=O)(=O)C1. The first-order valence-electron chi connectivity index (χ1n) is 9.83. The predicted molar refractivity (Wildman–Crippen MR) is 106 cm³/mol. The lowest BCUT2D eigenvalue weighted by Crippen LogP contribution is -2.42. The molecule has 3 heterocycles. The number of rotatable bonds is 7. The Bertz CT molecular complexity index is 930. The average molecular weight is 432 g/mol. The lowest BCUT2D eigenvalue weighted by molar-refractivity contribution is 0.0684. The number of hydrogen-bond donors (Lipinski definition) is 0. The summed E-state index contributed by atoms with van der Waals surface area (Å²) in [7, 11) is -5.08. The number of sulfone groups is 1. The zero-order chi connectivity index (χ0) is 20.5. The van der Waals surface area contributed by atoms with Gasteiger partial charge in [0, 0.05) is 38.9 Å². The fourth-order valence-corrected chi connectivity index (χ4v) is 7.23. The molecule has 0 saturated carbocycles. The predicted octanol–water partition coefficient (Wildman–Crippen LogP) is 1.24. The summed E-state index contributed by atoms with van der Waals surface area (Å²) in [5, 5.41) is 0. The van der Waals surface area contributed by atoms with Crippen LogP contribution in [0.15, 0.2) is 17.2 Å². The molecule has 0 aromatic carbocycles. The second-order valence-electron chi connectivity index (χ2n) is 7.69. The van der Waals surface area contributed by atoms with E-state index in [9.17, 15) is 21.6 Å². The third-order valence-corrected chi connectivity index (χ3v) is 9.18. The van der Waals surface area contributed by atoms with Crippen LogP contribution >= 0.6 is 0 Å². The highest BCUT2D eigenvalue weighted by Crippen LogP contribution is 2.25. The quantitative estimate of drug-likeness (QED) is 0.647. The topological polar surface area (TPSA) is 96.8 Å². The van der Waals surface area contributed by atoms with Gasteiger partial charge in [0.2, 0.25) is 10.0 Å². The van der Waals surface area contributed by atoms with E-state index in [4.69, 9.17) is 0 Å². The molecule has 2 fully saturated rings. The van der Waals surface area contributed by atoms with Crippen LogP contribution in [0.5, 0.6) is 0 Å². The van der Waals surface area contributed by atoms with E-state index < -0.39 is 19.9 Å². The van der Waals surface area contributed by atoms with Crippen molar-refractivity contribution in [3.05, 3.63) is 18.0 Å². The average Bonchev–Trinajstić information content (AvgIpc) is 3.35. The van der Waals surface area contributed by atoms with Crippen LogP contribution < -0.4 is 0 Å². The van der Waals surface area contributed by atoms with Gasteiger partial charge in [-0.3, -0.25) is 4.79 Å². The molecule has 8 nitrogen and oxygen atoms in total. The maximum absolute atomic E-state index is 13.2. The molecule has 0 N–H and O–H groups in total. The standard InChI is InChI=1S/C18H29N3O5S2/c1-3-4-10-21(15-7-11-27(23,24)14-15)18(22)17-12-16(13-19(17)2)28(25,26)20-8-5-6-9-20/h12-13,15H,3-11,14H2,1-2H3. The molecular weight excluding hydrogens is 402 g/mol. The summed E-state index contributed by atoms with van der Waals surface area (Å²) in [6.45, 7) is 3.48. The Hall–Kier alpha value is -1.39. The first kappa shape index (κ1) is 21.3. The number of sulfonamides is 1. The molecule has 158 valence electrons. The van der Waals surface area contributed by atoms with Crippen molar-refractivity contribution in [1.82, 2.24) is 13.8 Å². The highest BCUT2D eigenvalue weighted by molar-refractivity contribution is 7.91. The van der Waals surface area contributed by atoms with E-state index in [1.165, 1.54) is 21.1 Å². The minimum absolute atomic E-state index is 0.0220.